The summed E-state index contributed by atoms with van der Waals surface area (Å²) in [7, 11) is -1.57. The van der Waals surface area contributed by atoms with E-state index >= 15 is 0 Å². The van der Waals surface area contributed by atoms with Gasteiger partial charge in [-0.25, -0.2) is 0 Å². The third kappa shape index (κ3) is 4.78. The fourth-order valence-electron chi connectivity index (χ4n) is 7.39. The minimum atomic E-state index is -1.57. The van der Waals surface area contributed by atoms with E-state index in [2.05, 4.69) is 144 Å². The highest BCUT2D eigenvalue weighted by Crippen LogP contribution is 2.57. The summed E-state index contributed by atoms with van der Waals surface area (Å²) in [6, 6.07) is 63.5. The van der Waals surface area contributed by atoms with Crippen LogP contribution in [-0.4, -0.2) is 17.2 Å². The van der Waals surface area contributed by atoms with E-state index in [9.17, 15) is 10.0 Å². The lowest BCUT2D eigenvalue weighted by molar-refractivity contribution is 0.426. The van der Waals surface area contributed by atoms with Gasteiger partial charge in [-0.1, -0.05) is 146 Å². The molecule has 0 unspecified atom stereocenters. The van der Waals surface area contributed by atoms with Gasteiger partial charge in [-0.15, -0.1) is 0 Å². The highest BCUT2D eigenvalue weighted by Gasteiger charge is 2.46. The van der Waals surface area contributed by atoms with Gasteiger partial charge in [0.1, 0.15) is 0 Å². The molecule has 0 spiro atoms. The van der Waals surface area contributed by atoms with E-state index in [4.69, 9.17) is 0 Å². The topological polar surface area (TPSA) is 43.7 Å². The van der Waals surface area contributed by atoms with E-state index in [1.165, 1.54) is 33.4 Å². The third-order valence-corrected chi connectivity index (χ3v) is 9.37. The minimum absolute atomic E-state index is 0.474. The van der Waals surface area contributed by atoms with Crippen LogP contribution in [0.4, 0.5) is 17.1 Å². The van der Waals surface area contributed by atoms with Crippen LogP contribution in [0.5, 0.6) is 0 Å². The first kappa shape index (κ1) is 28.8. The Hall–Kier alpha value is -5.68. The molecular weight excluding hydrogens is 573 g/mol. The molecule has 0 fully saturated rings. The highest BCUT2D eigenvalue weighted by molar-refractivity contribution is 6.60. The molecule has 224 valence electrons. The number of para-hydroxylation sites is 1. The average Bonchev–Trinajstić information content (AvgIpc) is 3.43. The normalized spacial score (nSPS) is 12.6. The molecule has 1 aliphatic carbocycles. The standard InChI is InChI=1S/C43H32BNO2/c46-44(47)42-26-13-11-23-37(42)31-15-14-22-35(29-31)45(34-20-8-3-9-21-34)36-27-28-39-38-24-10-12-25-40(38)43(41(39)30-36,32-16-4-1-5-17-32)33-18-6-2-7-19-33/h1-30,46-47H. The molecule has 0 saturated heterocycles. The zero-order valence-corrected chi connectivity index (χ0v) is 25.7. The van der Waals surface area contributed by atoms with Crippen molar-refractivity contribution in [2.45, 2.75) is 5.41 Å². The van der Waals surface area contributed by atoms with Crippen molar-refractivity contribution < 1.29 is 10.0 Å². The maximum absolute atomic E-state index is 10.1. The summed E-state index contributed by atoms with van der Waals surface area (Å²) < 4.78 is 0. The summed E-state index contributed by atoms with van der Waals surface area (Å²) in [5, 5.41) is 20.3. The van der Waals surface area contributed by atoms with Crippen LogP contribution in [0.15, 0.2) is 182 Å². The number of fused-ring (bicyclic) bond motifs is 3. The van der Waals surface area contributed by atoms with Crippen LogP contribution in [0, 0.1) is 0 Å². The zero-order chi connectivity index (χ0) is 31.8. The maximum Gasteiger partial charge on any atom is 0.489 e. The second-order valence-corrected chi connectivity index (χ2v) is 11.9. The van der Waals surface area contributed by atoms with E-state index in [0.717, 1.165) is 28.2 Å². The molecule has 0 radical (unpaired) electrons. The zero-order valence-electron chi connectivity index (χ0n) is 25.7. The van der Waals surface area contributed by atoms with Gasteiger partial charge in [0.05, 0.1) is 5.41 Å². The average molecular weight is 606 g/mol. The second kappa shape index (κ2) is 11.9. The van der Waals surface area contributed by atoms with Crippen LogP contribution in [0.3, 0.4) is 0 Å². The first-order valence-corrected chi connectivity index (χ1v) is 15.9. The number of anilines is 3. The van der Waals surface area contributed by atoms with Crippen LogP contribution < -0.4 is 10.4 Å². The van der Waals surface area contributed by atoms with Gasteiger partial charge in [0, 0.05) is 17.1 Å². The predicted octanol–water partition coefficient (Wildman–Crippen LogP) is 8.87. The summed E-state index contributed by atoms with van der Waals surface area (Å²) in [5.41, 5.74) is 12.1. The van der Waals surface area contributed by atoms with Gasteiger partial charge < -0.3 is 14.9 Å². The molecule has 0 saturated carbocycles. The van der Waals surface area contributed by atoms with Crippen molar-refractivity contribution in [1.29, 1.82) is 0 Å². The smallest absolute Gasteiger partial charge is 0.423 e. The molecule has 0 amide bonds. The molecule has 0 bridgehead atoms. The monoisotopic (exact) mass is 605 g/mol. The van der Waals surface area contributed by atoms with Crippen molar-refractivity contribution in [3.05, 3.63) is 204 Å². The lowest BCUT2D eigenvalue weighted by Crippen LogP contribution is -2.31. The summed E-state index contributed by atoms with van der Waals surface area (Å²) in [6.45, 7) is 0. The Morgan fingerprint density at radius 2 is 0.936 bits per heavy atom. The fraction of sp³-hybridized carbons (Fsp3) is 0.0233. The van der Waals surface area contributed by atoms with E-state index in [-0.39, 0.29) is 0 Å². The lowest BCUT2D eigenvalue weighted by atomic mass is 9.67. The van der Waals surface area contributed by atoms with Crippen molar-refractivity contribution in [3.63, 3.8) is 0 Å². The van der Waals surface area contributed by atoms with E-state index < -0.39 is 12.5 Å². The largest absolute Gasteiger partial charge is 0.489 e. The number of nitrogens with zero attached hydrogens (tertiary/aromatic N) is 1. The Labute approximate surface area is 275 Å². The van der Waals surface area contributed by atoms with Gasteiger partial charge in [0.2, 0.25) is 0 Å². The van der Waals surface area contributed by atoms with Crippen LogP contribution in [0.1, 0.15) is 22.3 Å². The first-order chi connectivity index (χ1) is 23.2. The van der Waals surface area contributed by atoms with E-state index in [1.807, 2.05) is 36.4 Å². The van der Waals surface area contributed by atoms with Gasteiger partial charge in [-0.05, 0) is 86.4 Å². The lowest BCUT2D eigenvalue weighted by Gasteiger charge is -2.35. The van der Waals surface area contributed by atoms with Crippen molar-refractivity contribution in [1.82, 2.24) is 0 Å². The molecule has 0 aromatic heterocycles. The number of benzene rings is 7. The number of hydrogen-bond donors (Lipinski definition) is 2. The van der Waals surface area contributed by atoms with Crippen molar-refractivity contribution >= 4 is 29.6 Å². The van der Waals surface area contributed by atoms with Crippen LogP contribution in [0.2, 0.25) is 0 Å². The van der Waals surface area contributed by atoms with Gasteiger partial charge in [-0.2, -0.15) is 0 Å². The Morgan fingerprint density at radius 3 is 1.62 bits per heavy atom. The molecule has 7 aromatic rings. The Bertz CT molecular complexity index is 2140. The molecule has 0 heterocycles. The molecule has 0 atom stereocenters. The molecule has 0 aliphatic heterocycles. The molecule has 2 N–H and O–H groups in total. The molecule has 7 aromatic carbocycles. The number of hydrogen-bond acceptors (Lipinski definition) is 3. The van der Waals surface area contributed by atoms with Gasteiger partial charge in [0.25, 0.3) is 0 Å². The Kier molecular flexibility index (Phi) is 7.30. The Balaban J connectivity index is 1.38. The van der Waals surface area contributed by atoms with Crippen molar-refractivity contribution in [3.8, 4) is 22.3 Å². The first-order valence-electron chi connectivity index (χ1n) is 15.9. The van der Waals surface area contributed by atoms with E-state index in [0.29, 0.717) is 5.46 Å². The molecule has 8 rings (SSSR count). The van der Waals surface area contributed by atoms with Crippen molar-refractivity contribution in [2.24, 2.45) is 0 Å². The third-order valence-electron chi connectivity index (χ3n) is 9.37. The molecular formula is C43H32BNO2. The Morgan fingerprint density at radius 1 is 0.404 bits per heavy atom. The van der Waals surface area contributed by atoms with Crippen LogP contribution in [0.25, 0.3) is 22.3 Å². The SMILES string of the molecule is OB(O)c1ccccc1-c1cccc(N(c2ccccc2)c2ccc3c(c2)C(c2ccccc2)(c2ccccc2)c2ccccc2-3)c1. The van der Waals surface area contributed by atoms with Crippen LogP contribution in [-0.2, 0) is 5.41 Å². The molecule has 3 nitrogen and oxygen atoms in total. The summed E-state index contributed by atoms with van der Waals surface area (Å²) in [5.74, 6) is 0. The highest BCUT2D eigenvalue weighted by atomic mass is 16.4. The summed E-state index contributed by atoms with van der Waals surface area (Å²) >= 11 is 0. The minimum Gasteiger partial charge on any atom is -0.423 e. The van der Waals surface area contributed by atoms with Gasteiger partial charge >= 0.3 is 7.12 Å². The second-order valence-electron chi connectivity index (χ2n) is 11.9. The van der Waals surface area contributed by atoms with E-state index in [1.54, 1.807) is 6.07 Å². The number of rotatable bonds is 7. The van der Waals surface area contributed by atoms with Gasteiger partial charge in [-0.3, -0.25) is 0 Å². The van der Waals surface area contributed by atoms with Crippen LogP contribution >= 0.6 is 0 Å². The summed E-state index contributed by atoms with van der Waals surface area (Å²) in [6.07, 6.45) is 0. The fourth-order valence-corrected chi connectivity index (χ4v) is 7.39. The maximum atomic E-state index is 10.1. The summed E-state index contributed by atoms with van der Waals surface area (Å²) in [4.78, 5) is 2.28. The molecule has 47 heavy (non-hydrogen) atoms. The molecule has 4 heteroatoms. The quantitative estimate of drug-likeness (QED) is 0.179. The van der Waals surface area contributed by atoms with Crippen molar-refractivity contribution in [2.75, 3.05) is 4.90 Å². The molecule has 1 aliphatic rings. The van der Waals surface area contributed by atoms with Gasteiger partial charge in [0.15, 0.2) is 0 Å². The predicted molar refractivity (Wildman–Crippen MR) is 194 cm³/mol.